The molecule has 0 heterocycles. The topological polar surface area (TPSA) is 54.4 Å². The highest BCUT2D eigenvalue weighted by atomic mass is 19.4. The van der Waals surface area contributed by atoms with Crippen LogP contribution in [0.5, 0.6) is 0 Å². The first kappa shape index (κ1) is 13.2. The quantitative estimate of drug-likeness (QED) is 0.829. The Balaban J connectivity index is 2.85. The first-order chi connectivity index (χ1) is 7.82. The SMILES string of the molecule is O=C(O)C(=O)CCc1ccccc1C(F)(F)F. The van der Waals surface area contributed by atoms with Gasteiger partial charge >= 0.3 is 12.1 Å². The van der Waals surface area contributed by atoms with Gasteiger partial charge in [-0.2, -0.15) is 13.2 Å². The number of hydrogen-bond acceptors (Lipinski definition) is 2. The molecule has 1 aromatic carbocycles. The van der Waals surface area contributed by atoms with Gasteiger partial charge in [-0.25, -0.2) is 4.79 Å². The van der Waals surface area contributed by atoms with Crippen LogP contribution in [0, 0.1) is 0 Å². The molecule has 0 bridgehead atoms. The zero-order chi connectivity index (χ0) is 13.1. The fourth-order valence-electron chi connectivity index (χ4n) is 1.37. The largest absolute Gasteiger partial charge is 0.476 e. The van der Waals surface area contributed by atoms with Gasteiger partial charge in [-0.1, -0.05) is 18.2 Å². The van der Waals surface area contributed by atoms with Gasteiger partial charge in [0.15, 0.2) is 0 Å². The number of carbonyl (C=O) groups is 2. The van der Waals surface area contributed by atoms with E-state index in [4.69, 9.17) is 5.11 Å². The Morgan fingerprint density at radius 2 is 1.76 bits per heavy atom. The smallest absolute Gasteiger partial charge is 0.416 e. The Labute approximate surface area is 94.9 Å². The molecule has 0 spiro atoms. The van der Waals surface area contributed by atoms with Crippen molar-refractivity contribution in [2.24, 2.45) is 0 Å². The summed E-state index contributed by atoms with van der Waals surface area (Å²) in [4.78, 5) is 21.0. The third kappa shape index (κ3) is 3.58. The fourth-order valence-corrected chi connectivity index (χ4v) is 1.37. The highest BCUT2D eigenvalue weighted by molar-refractivity contribution is 6.32. The second-order valence-electron chi connectivity index (χ2n) is 3.38. The fraction of sp³-hybridized carbons (Fsp3) is 0.273. The molecule has 0 atom stereocenters. The first-order valence-electron chi connectivity index (χ1n) is 4.73. The summed E-state index contributed by atoms with van der Waals surface area (Å²) >= 11 is 0. The summed E-state index contributed by atoms with van der Waals surface area (Å²) in [5.41, 5.74) is -0.909. The van der Waals surface area contributed by atoms with E-state index < -0.39 is 29.9 Å². The lowest BCUT2D eigenvalue weighted by Crippen LogP contribution is -2.15. The maximum Gasteiger partial charge on any atom is 0.416 e. The summed E-state index contributed by atoms with van der Waals surface area (Å²) in [5.74, 6) is -2.73. The van der Waals surface area contributed by atoms with E-state index in [9.17, 15) is 22.8 Å². The minimum Gasteiger partial charge on any atom is -0.476 e. The van der Waals surface area contributed by atoms with Crippen LogP contribution in [-0.4, -0.2) is 16.9 Å². The molecular formula is C11H9F3O3. The minimum atomic E-state index is -4.50. The van der Waals surface area contributed by atoms with Crippen LogP contribution in [0.25, 0.3) is 0 Å². The van der Waals surface area contributed by atoms with Crippen molar-refractivity contribution < 1.29 is 27.9 Å². The van der Waals surface area contributed by atoms with Gasteiger partial charge in [-0.3, -0.25) is 4.79 Å². The molecule has 3 nitrogen and oxygen atoms in total. The van der Waals surface area contributed by atoms with Crippen LogP contribution >= 0.6 is 0 Å². The Hall–Kier alpha value is -1.85. The van der Waals surface area contributed by atoms with Crippen LogP contribution < -0.4 is 0 Å². The summed E-state index contributed by atoms with van der Waals surface area (Å²) < 4.78 is 37.6. The van der Waals surface area contributed by atoms with E-state index in [0.29, 0.717) is 0 Å². The molecule has 1 aromatic rings. The van der Waals surface area contributed by atoms with E-state index >= 15 is 0 Å². The lowest BCUT2D eigenvalue weighted by molar-refractivity contribution is -0.149. The molecule has 6 heteroatoms. The maximum atomic E-state index is 12.5. The molecular weight excluding hydrogens is 237 g/mol. The Morgan fingerprint density at radius 3 is 2.29 bits per heavy atom. The number of carboxylic acid groups (broad SMARTS) is 1. The summed E-state index contributed by atoms with van der Waals surface area (Å²) in [6, 6.07) is 4.79. The number of ketones is 1. The van der Waals surface area contributed by atoms with Crippen LogP contribution in [0.3, 0.4) is 0 Å². The van der Waals surface area contributed by atoms with Gasteiger partial charge in [0.25, 0.3) is 0 Å². The number of halogens is 3. The molecule has 0 unspecified atom stereocenters. The Bertz CT molecular complexity index is 438. The molecule has 17 heavy (non-hydrogen) atoms. The first-order valence-corrected chi connectivity index (χ1v) is 4.73. The van der Waals surface area contributed by atoms with Crippen LogP contribution in [0.15, 0.2) is 24.3 Å². The number of carbonyl (C=O) groups excluding carboxylic acids is 1. The molecule has 0 fully saturated rings. The summed E-state index contributed by atoms with van der Waals surface area (Å²) in [6.45, 7) is 0. The number of Topliss-reactive ketones (excluding diaryl/α,β-unsaturated/α-hetero) is 1. The molecule has 0 saturated carbocycles. The molecule has 0 aromatic heterocycles. The number of alkyl halides is 3. The summed E-state index contributed by atoms with van der Waals surface area (Å²) in [7, 11) is 0. The number of carboxylic acids is 1. The zero-order valence-electron chi connectivity index (χ0n) is 8.62. The maximum absolute atomic E-state index is 12.5. The number of hydrogen-bond donors (Lipinski definition) is 1. The summed E-state index contributed by atoms with van der Waals surface area (Å²) in [5, 5.41) is 8.32. The third-order valence-corrected chi connectivity index (χ3v) is 2.18. The summed E-state index contributed by atoms with van der Waals surface area (Å²) in [6.07, 6.45) is -5.17. The normalized spacial score (nSPS) is 11.2. The predicted molar refractivity (Wildman–Crippen MR) is 52.4 cm³/mol. The van der Waals surface area contributed by atoms with Gasteiger partial charge in [0.1, 0.15) is 0 Å². The van der Waals surface area contributed by atoms with E-state index in [0.717, 1.165) is 6.07 Å². The monoisotopic (exact) mass is 246 g/mol. The molecule has 0 radical (unpaired) electrons. The molecule has 0 aliphatic heterocycles. The average Bonchev–Trinajstić information content (AvgIpc) is 2.24. The van der Waals surface area contributed by atoms with Gasteiger partial charge < -0.3 is 5.11 Å². The van der Waals surface area contributed by atoms with Crippen molar-refractivity contribution in [2.75, 3.05) is 0 Å². The molecule has 0 aliphatic rings. The highest BCUT2D eigenvalue weighted by Crippen LogP contribution is 2.32. The number of aryl methyl sites for hydroxylation is 1. The van der Waals surface area contributed by atoms with Gasteiger partial charge in [0.2, 0.25) is 5.78 Å². The van der Waals surface area contributed by atoms with Crippen molar-refractivity contribution in [2.45, 2.75) is 19.0 Å². The van der Waals surface area contributed by atoms with E-state index in [1.807, 2.05) is 0 Å². The van der Waals surface area contributed by atoms with Crippen molar-refractivity contribution in [3.63, 3.8) is 0 Å². The van der Waals surface area contributed by atoms with Crippen molar-refractivity contribution in [1.29, 1.82) is 0 Å². The number of aliphatic carboxylic acids is 1. The van der Waals surface area contributed by atoms with E-state index in [-0.39, 0.29) is 12.0 Å². The van der Waals surface area contributed by atoms with Gasteiger partial charge in [0, 0.05) is 6.42 Å². The number of rotatable bonds is 4. The standard InChI is InChI=1S/C11H9F3O3/c12-11(13,14)8-4-2-1-3-7(8)5-6-9(15)10(16)17/h1-4H,5-6H2,(H,16,17). The molecule has 92 valence electrons. The molecule has 0 saturated heterocycles. The van der Waals surface area contributed by atoms with Gasteiger partial charge in [-0.15, -0.1) is 0 Å². The van der Waals surface area contributed by atoms with Crippen molar-refractivity contribution in [3.05, 3.63) is 35.4 Å². The van der Waals surface area contributed by atoms with Crippen LogP contribution in [0.1, 0.15) is 17.5 Å². The van der Waals surface area contributed by atoms with Crippen molar-refractivity contribution >= 4 is 11.8 Å². The van der Waals surface area contributed by atoms with Gasteiger partial charge in [-0.05, 0) is 18.1 Å². The minimum absolute atomic E-state index is 0.0744. The molecule has 0 amide bonds. The predicted octanol–water partition coefficient (Wildman–Crippen LogP) is 2.29. The third-order valence-electron chi connectivity index (χ3n) is 2.18. The lowest BCUT2D eigenvalue weighted by atomic mass is 10.0. The van der Waals surface area contributed by atoms with Crippen molar-refractivity contribution in [1.82, 2.24) is 0 Å². The second kappa shape index (κ2) is 4.99. The van der Waals surface area contributed by atoms with Gasteiger partial charge in [0.05, 0.1) is 5.56 Å². The van der Waals surface area contributed by atoms with Crippen molar-refractivity contribution in [3.8, 4) is 0 Å². The molecule has 1 rings (SSSR count). The lowest BCUT2D eigenvalue weighted by Gasteiger charge is -2.11. The average molecular weight is 246 g/mol. The Kier molecular flexibility index (Phi) is 3.88. The molecule has 1 N–H and O–H groups in total. The highest BCUT2D eigenvalue weighted by Gasteiger charge is 2.32. The van der Waals surface area contributed by atoms with Crippen LogP contribution in [0.2, 0.25) is 0 Å². The van der Waals surface area contributed by atoms with E-state index in [2.05, 4.69) is 0 Å². The van der Waals surface area contributed by atoms with E-state index in [1.165, 1.54) is 18.2 Å². The second-order valence-corrected chi connectivity index (χ2v) is 3.38. The van der Waals surface area contributed by atoms with Crippen LogP contribution in [-0.2, 0) is 22.2 Å². The van der Waals surface area contributed by atoms with Crippen LogP contribution in [0.4, 0.5) is 13.2 Å². The Morgan fingerprint density at radius 1 is 1.18 bits per heavy atom. The molecule has 0 aliphatic carbocycles. The van der Waals surface area contributed by atoms with E-state index in [1.54, 1.807) is 0 Å². The number of benzene rings is 1. The zero-order valence-corrected chi connectivity index (χ0v) is 8.62.